The van der Waals surface area contributed by atoms with Gasteiger partial charge in [-0.15, -0.1) is 0 Å². The summed E-state index contributed by atoms with van der Waals surface area (Å²) in [6.45, 7) is 9.34. The number of carbonyl (C=O) groups excluding carboxylic acids is 1. The summed E-state index contributed by atoms with van der Waals surface area (Å²) in [5.41, 5.74) is 8.29. The highest BCUT2D eigenvalue weighted by Gasteiger charge is 2.32. The van der Waals surface area contributed by atoms with Crippen molar-refractivity contribution in [2.24, 2.45) is 11.8 Å². The molecule has 1 fully saturated rings. The second-order valence-electron chi connectivity index (χ2n) is 6.05. The van der Waals surface area contributed by atoms with Crippen molar-refractivity contribution in [2.45, 2.75) is 40.2 Å². The summed E-state index contributed by atoms with van der Waals surface area (Å²) in [5, 5.41) is 0. The lowest BCUT2D eigenvalue weighted by Gasteiger charge is -2.41. The number of para-hydroxylation sites is 1. The van der Waals surface area contributed by atoms with Gasteiger partial charge in [-0.3, -0.25) is 4.79 Å². The molecule has 2 N–H and O–H groups in total. The van der Waals surface area contributed by atoms with E-state index in [1.807, 2.05) is 30.0 Å². The van der Waals surface area contributed by atoms with Gasteiger partial charge in [0, 0.05) is 18.3 Å². The molecule has 1 aromatic carbocycles. The minimum Gasteiger partial charge on any atom is -0.398 e. The Balaban J connectivity index is 2.30. The van der Waals surface area contributed by atoms with E-state index in [1.165, 1.54) is 6.42 Å². The molecule has 0 radical (unpaired) electrons. The van der Waals surface area contributed by atoms with Crippen molar-refractivity contribution in [1.82, 2.24) is 4.90 Å². The predicted octanol–water partition coefficient (Wildman–Crippen LogP) is 3.08. The minimum absolute atomic E-state index is 0.0760. The second-order valence-corrected chi connectivity index (χ2v) is 6.05. The van der Waals surface area contributed by atoms with Crippen molar-refractivity contribution in [3.63, 3.8) is 0 Å². The van der Waals surface area contributed by atoms with Gasteiger partial charge < -0.3 is 10.6 Å². The molecule has 1 heterocycles. The van der Waals surface area contributed by atoms with Crippen molar-refractivity contribution < 1.29 is 4.79 Å². The summed E-state index contributed by atoms with van der Waals surface area (Å²) >= 11 is 0. The molecule has 0 spiro atoms. The Morgan fingerprint density at radius 1 is 1.32 bits per heavy atom. The number of rotatable bonds is 1. The summed E-state index contributed by atoms with van der Waals surface area (Å²) in [6.07, 6.45) is 1.19. The lowest BCUT2D eigenvalue weighted by molar-refractivity contribution is 0.0456. The van der Waals surface area contributed by atoms with Crippen molar-refractivity contribution >= 4 is 11.6 Å². The van der Waals surface area contributed by atoms with E-state index in [0.717, 1.165) is 12.1 Å². The molecule has 104 valence electrons. The summed E-state index contributed by atoms with van der Waals surface area (Å²) in [6, 6.07) is 5.96. The van der Waals surface area contributed by atoms with Crippen molar-refractivity contribution in [1.29, 1.82) is 0 Å². The van der Waals surface area contributed by atoms with Gasteiger partial charge in [0.05, 0.1) is 5.56 Å². The monoisotopic (exact) mass is 260 g/mol. The largest absolute Gasteiger partial charge is 0.398 e. The molecule has 1 saturated heterocycles. The Kier molecular flexibility index (Phi) is 3.83. The normalized spacial score (nSPS) is 27.4. The number of hydrogen-bond acceptors (Lipinski definition) is 2. The van der Waals surface area contributed by atoms with Crippen LogP contribution in [0, 0.1) is 18.8 Å². The van der Waals surface area contributed by atoms with Crippen LogP contribution in [0.25, 0.3) is 0 Å². The average Bonchev–Trinajstić information content (AvgIpc) is 2.36. The molecule has 0 bridgehead atoms. The molecule has 1 aromatic rings. The minimum atomic E-state index is 0.0760. The summed E-state index contributed by atoms with van der Waals surface area (Å²) in [5.74, 6) is 1.17. The van der Waals surface area contributed by atoms with E-state index in [-0.39, 0.29) is 11.9 Å². The van der Waals surface area contributed by atoms with Gasteiger partial charge >= 0.3 is 0 Å². The van der Waals surface area contributed by atoms with Crippen molar-refractivity contribution in [3.05, 3.63) is 29.3 Å². The van der Waals surface area contributed by atoms with Gasteiger partial charge in [-0.1, -0.05) is 26.0 Å². The molecule has 1 aliphatic rings. The Morgan fingerprint density at radius 2 is 2.00 bits per heavy atom. The van der Waals surface area contributed by atoms with Gasteiger partial charge in [0.2, 0.25) is 0 Å². The van der Waals surface area contributed by atoms with Gasteiger partial charge in [0.1, 0.15) is 0 Å². The SMILES string of the molecule is Cc1cccc(C(=O)N2CC(C)CC(C)C2C)c1N. The standard InChI is InChI=1S/C16H24N2O/c1-10-8-12(3)13(4)18(9-10)16(19)14-7-5-6-11(2)15(14)17/h5-7,10,12-13H,8-9,17H2,1-4H3. The number of hydrogen-bond donors (Lipinski definition) is 1. The fourth-order valence-corrected chi connectivity index (χ4v) is 3.01. The predicted molar refractivity (Wildman–Crippen MR) is 79.0 cm³/mol. The van der Waals surface area contributed by atoms with E-state index in [0.29, 0.717) is 23.1 Å². The first-order chi connectivity index (χ1) is 8.91. The van der Waals surface area contributed by atoms with Gasteiger partial charge in [0.25, 0.3) is 5.91 Å². The maximum Gasteiger partial charge on any atom is 0.256 e. The molecule has 3 nitrogen and oxygen atoms in total. The van der Waals surface area contributed by atoms with Crippen LogP contribution in [-0.2, 0) is 0 Å². The topological polar surface area (TPSA) is 46.3 Å². The number of anilines is 1. The Morgan fingerprint density at radius 3 is 2.68 bits per heavy atom. The molecule has 1 amide bonds. The van der Waals surface area contributed by atoms with Crippen LogP contribution >= 0.6 is 0 Å². The molecule has 2 rings (SSSR count). The zero-order chi connectivity index (χ0) is 14.2. The maximum absolute atomic E-state index is 12.7. The Labute approximate surface area is 115 Å². The first-order valence-corrected chi connectivity index (χ1v) is 7.07. The zero-order valence-corrected chi connectivity index (χ0v) is 12.3. The summed E-state index contributed by atoms with van der Waals surface area (Å²) in [7, 11) is 0. The second kappa shape index (κ2) is 5.24. The van der Waals surface area contributed by atoms with Gasteiger partial charge in [-0.05, 0) is 43.7 Å². The number of carbonyl (C=O) groups is 1. The lowest BCUT2D eigenvalue weighted by Crippen LogP contribution is -2.49. The molecule has 3 unspecified atom stereocenters. The van der Waals surface area contributed by atoms with Crippen LogP contribution in [0.15, 0.2) is 18.2 Å². The number of piperidine rings is 1. The molecular formula is C16H24N2O. The molecule has 0 saturated carbocycles. The Hall–Kier alpha value is -1.51. The van der Waals surface area contributed by atoms with Crippen molar-refractivity contribution in [2.75, 3.05) is 12.3 Å². The first kappa shape index (κ1) is 13.9. The zero-order valence-electron chi connectivity index (χ0n) is 12.3. The first-order valence-electron chi connectivity index (χ1n) is 7.07. The third kappa shape index (κ3) is 2.60. The number of amides is 1. The Bertz CT molecular complexity index is 484. The van der Waals surface area contributed by atoms with Gasteiger partial charge in [-0.25, -0.2) is 0 Å². The smallest absolute Gasteiger partial charge is 0.256 e. The third-order valence-corrected chi connectivity index (χ3v) is 4.41. The van der Waals surface area contributed by atoms with Crippen LogP contribution in [0.2, 0.25) is 0 Å². The number of benzene rings is 1. The summed E-state index contributed by atoms with van der Waals surface area (Å²) < 4.78 is 0. The fourth-order valence-electron chi connectivity index (χ4n) is 3.01. The van der Waals surface area contributed by atoms with Crippen LogP contribution in [0.5, 0.6) is 0 Å². The van der Waals surface area contributed by atoms with Gasteiger partial charge in [0.15, 0.2) is 0 Å². The lowest BCUT2D eigenvalue weighted by atomic mass is 9.85. The van der Waals surface area contributed by atoms with Crippen LogP contribution in [0.4, 0.5) is 5.69 Å². The van der Waals surface area contributed by atoms with Crippen molar-refractivity contribution in [3.8, 4) is 0 Å². The summed E-state index contributed by atoms with van der Waals surface area (Å²) in [4.78, 5) is 14.7. The quantitative estimate of drug-likeness (QED) is 0.789. The molecule has 0 aliphatic carbocycles. The van der Waals surface area contributed by atoms with E-state index in [2.05, 4.69) is 20.8 Å². The van der Waals surface area contributed by atoms with E-state index < -0.39 is 0 Å². The van der Waals surface area contributed by atoms with Crippen LogP contribution in [0.3, 0.4) is 0 Å². The van der Waals surface area contributed by atoms with E-state index >= 15 is 0 Å². The van der Waals surface area contributed by atoms with Gasteiger partial charge in [-0.2, -0.15) is 0 Å². The van der Waals surface area contributed by atoms with Crippen LogP contribution in [-0.4, -0.2) is 23.4 Å². The number of nitrogens with zero attached hydrogens (tertiary/aromatic N) is 1. The molecular weight excluding hydrogens is 236 g/mol. The fraction of sp³-hybridized carbons (Fsp3) is 0.562. The molecule has 3 heteroatoms. The highest BCUT2D eigenvalue weighted by molar-refractivity contribution is 6.00. The van der Waals surface area contributed by atoms with Crippen LogP contribution in [0.1, 0.15) is 43.1 Å². The van der Waals surface area contributed by atoms with E-state index in [9.17, 15) is 4.79 Å². The highest BCUT2D eigenvalue weighted by Crippen LogP contribution is 2.29. The molecule has 0 aromatic heterocycles. The molecule has 3 atom stereocenters. The van der Waals surface area contributed by atoms with E-state index in [4.69, 9.17) is 5.73 Å². The van der Waals surface area contributed by atoms with E-state index in [1.54, 1.807) is 0 Å². The number of likely N-dealkylation sites (tertiary alicyclic amines) is 1. The maximum atomic E-state index is 12.7. The highest BCUT2D eigenvalue weighted by atomic mass is 16.2. The molecule has 19 heavy (non-hydrogen) atoms. The van der Waals surface area contributed by atoms with Crippen LogP contribution < -0.4 is 5.73 Å². The third-order valence-electron chi connectivity index (χ3n) is 4.41. The molecule has 1 aliphatic heterocycles. The average molecular weight is 260 g/mol. The number of aryl methyl sites for hydroxylation is 1. The number of nitrogens with two attached hydrogens (primary N) is 1. The number of nitrogen functional groups attached to an aromatic ring is 1.